The number of nitrogens with zero attached hydrogens (tertiary/aromatic N) is 1. The molecule has 2 nitrogen and oxygen atoms in total. The first-order valence-electron chi connectivity index (χ1n) is 6.61. The van der Waals surface area contributed by atoms with E-state index < -0.39 is 0 Å². The molecule has 3 rings (SSSR count). The molecule has 1 saturated carbocycles. The molecule has 19 heavy (non-hydrogen) atoms. The van der Waals surface area contributed by atoms with Gasteiger partial charge in [0.15, 0.2) is 0 Å². The summed E-state index contributed by atoms with van der Waals surface area (Å²) < 4.78 is 0. The van der Waals surface area contributed by atoms with E-state index in [1.807, 2.05) is 19.1 Å². The van der Waals surface area contributed by atoms with Gasteiger partial charge in [0.05, 0.1) is 0 Å². The van der Waals surface area contributed by atoms with Crippen molar-refractivity contribution >= 4 is 22.9 Å². The number of nitrogens with one attached hydrogen (secondary N) is 1. The van der Waals surface area contributed by atoms with Crippen LogP contribution in [0.2, 0.25) is 5.02 Å². The van der Waals surface area contributed by atoms with Crippen molar-refractivity contribution in [2.45, 2.75) is 38.3 Å². The average Bonchev–Trinajstić information content (AvgIpc) is 2.75. The lowest BCUT2D eigenvalue weighted by Gasteiger charge is -2.36. The van der Waals surface area contributed by atoms with Gasteiger partial charge in [-0.05, 0) is 37.3 Å². The molecule has 0 bridgehead atoms. The van der Waals surface area contributed by atoms with Gasteiger partial charge in [-0.2, -0.15) is 0 Å². The Hall–Kier alpha value is -0.900. The third kappa shape index (κ3) is 2.99. The van der Waals surface area contributed by atoms with Crippen molar-refractivity contribution in [3.05, 3.63) is 50.9 Å². The molecule has 1 fully saturated rings. The number of halogens is 1. The van der Waals surface area contributed by atoms with E-state index >= 15 is 0 Å². The number of aromatic nitrogens is 1. The van der Waals surface area contributed by atoms with Crippen LogP contribution in [0, 0.1) is 6.92 Å². The van der Waals surface area contributed by atoms with Crippen LogP contribution in [0.3, 0.4) is 0 Å². The van der Waals surface area contributed by atoms with Crippen LogP contribution in [0.15, 0.2) is 29.6 Å². The fraction of sp³-hybridized carbons (Fsp3) is 0.400. The van der Waals surface area contributed by atoms with Crippen LogP contribution in [0.4, 0.5) is 0 Å². The summed E-state index contributed by atoms with van der Waals surface area (Å²) in [6.45, 7) is 2.93. The molecule has 1 N–H and O–H groups in total. The van der Waals surface area contributed by atoms with Crippen LogP contribution < -0.4 is 5.32 Å². The summed E-state index contributed by atoms with van der Waals surface area (Å²) >= 11 is 7.96. The molecule has 0 spiro atoms. The third-order valence-corrected chi connectivity index (χ3v) is 5.00. The highest BCUT2D eigenvalue weighted by Gasteiger charge is 2.31. The van der Waals surface area contributed by atoms with E-state index in [0.717, 1.165) is 17.3 Å². The second-order valence-electron chi connectivity index (χ2n) is 5.15. The lowest BCUT2D eigenvalue weighted by molar-refractivity contribution is 0.289. The first-order chi connectivity index (χ1) is 9.22. The molecule has 0 atom stereocenters. The lowest BCUT2D eigenvalue weighted by atomic mass is 9.76. The summed E-state index contributed by atoms with van der Waals surface area (Å²) in [5.41, 5.74) is 2.41. The fourth-order valence-corrected chi connectivity index (χ4v) is 3.57. The number of thiazole rings is 1. The van der Waals surface area contributed by atoms with Gasteiger partial charge in [-0.3, -0.25) is 0 Å². The van der Waals surface area contributed by atoms with E-state index in [0.29, 0.717) is 12.0 Å². The molecule has 1 aliphatic rings. The molecule has 0 unspecified atom stereocenters. The molecular weight excluding hydrogens is 276 g/mol. The Morgan fingerprint density at radius 3 is 2.84 bits per heavy atom. The minimum absolute atomic E-state index is 0.602. The second-order valence-corrected chi connectivity index (χ2v) is 6.50. The quantitative estimate of drug-likeness (QED) is 0.916. The van der Waals surface area contributed by atoms with E-state index in [4.69, 9.17) is 11.6 Å². The summed E-state index contributed by atoms with van der Waals surface area (Å²) in [6.07, 6.45) is 2.35. The Morgan fingerprint density at radius 1 is 1.37 bits per heavy atom. The van der Waals surface area contributed by atoms with Gasteiger partial charge in [-0.25, -0.2) is 4.98 Å². The summed E-state index contributed by atoms with van der Waals surface area (Å²) in [4.78, 5) is 4.47. The number of aryl methyl sites for hydroxylation is 1. The number of benzene rings is 1. The molecule has 1 aromatic carbocycles. The number of hydrogen-bond acceptors (Lipinski definition) is 3. The van der Waals surface area contributed by atoms with Gasteiger partial charge in [-0.15, -0.1) is 11.3 Å². The maximum atomic E-state index is 6.23. The Morgan fingerprint density at radius 2 is 2.16 bits per heavy atom. The summed E-state index contributed by atoms with van der Waals surface area (Å²) in [5, 5.41) is 7.76. The Bertz CT molecular complexity index is 561. The zero-order valence-corrected chi connectivity index (χ0v) is 12.5. The van der Waals surface area contributed by atoms with Crippen molar-refractivity contribution in [2.75, 3.05) is 0 Å². The number of rotatable bonds is 4. The molecular formula is C15H17ClN2S. The summed E-state index contributed by atoms with van der Waals surface area (Å²) in [6, 6.07) is 8.79. The van der Waals surface area contributed by atoms with E-state index in [-0.39, 0.29) is 0 Å². The third-order valence-electron chi connectivity index (χ3n) is 3.69. The SMILES string of the molecule is Cc1csc(CNC2CC(c3ccccc3Cl)C2)n1. The van der Waals surface area contributed by atoms with Crippen LogP contribution in [0.25, 0.3) is 0 Å². The normalized spacial score (nSPS) is 22.2. The van der Waals surface area contributed by atoms with Crippen LogP contribution in [0.1, 0.15) is 35.0 Å². The van der Waals surface area contributed by atoms with E-state index in [1.165, 1.54) is 23.4 Å². The lowest BCUT2D eigenvalue weighted by Crippen LogP contribution is -2.39. The van der Waals surface area contributed by atoms with Gasteiger partial charge in [0, 0.05) is 28.7 Å². The monoisotopic (exact) mass is 292 g/mol. The summed E-state index contributed by atoms with van der Waals surface area (Å²) in [7, 11) is 0. The Kier molecular flexibility index (Phi) is 3.87. The van der Waals surface area contributed by atoms with Crippen molar-refractivity contribution in [1.29, 1.82) is 0 Å². The van der Waals surface area contributed by atoms with Gasteiger partial charge in [0.25, 0.3) is 0 Å². The van der Waals surface area contributed by atoms with Gasteiger partial charge < -0.3 is 5.32 Å². The molecule has 0 saturated heterocycles. The van der Waals surface area contributed by atoms with Gasteiger partial charge in [0.1, 0.15) is 5.01 Å². The predicted octanol–water partition coefficient (Wildman–Crippen LogP) is 4.14. The molecule has 100 valence electrons. The van der Waals surface area contributed by atoms with Crippen molar-refractivity contribution in [1.82, 2.24) is 10.3 Å². The van der Waals surface area contributed by atoms with Crippen LogP contribution in [0.5, 0.6) is 0 Å². The van der Waals surface area contributed by atoms with E-state index in [2.05, 4.69) is 27.8 Å². The molecule has 2 aromatic rings. The van der Waals surface area contributed by atoms with Crippen molar-refractivity contribution in [3.63, 3.8) is 0 Å². The molecule has 0 radical (unpaired) electrons. The maximum absolute atomic E-state index is 6.23. The van der Waals surface area contributed by atoms with Crippen molar-refractivity contribution in [3.8, 4) is 0 Å². The van der Waals surface area contributed by atoms with Crippen LogP contribution in [-0.2, 0) is 6.54 Å². The van der Waals surface area contributed by atoms with Crippen molar-refractivity contribution in [2.24, 2.45) is 0 Å². The van der Waals surface area contributed by atoms with Crippen LogP contribution in [-0.4, -0.2) is 11.0 Å². The molecule has 4 heteroatoms. The van der Waals surface area contributed by atoms with E-state index in [1.54, 1.807) is 11.3 Å². The van der Waals surface area contributed by atoms with Gasteiger partial charge in [-0.1, -0.05) is 29.8 Å². The molecule has 1 aliphatic carbocycles. The molecule has 0 aliphatic heterocycles. The summed E-state index contributed by atoms with van der Waals surface area (Å²) in [5.74, 6) is 0.615. The zero-order valence-electron chi connectivity index (χ0n) is 10.9. The zero-order chi connectivity index (χ0) is 13.2. The molecule has 1 aromatic heterocycles. The molecule has 1 heterocycles. The standard InChI is InChI=1S/C15H17ClN2S/c1-10-9-19-15(18-10)8-17-12-6-11(7-12)13-4-2-3-5-14(13)16/h2-5,9,11-12,17H,6-8H2,1H3. The largest absolute Gasteiger partial charge is 0.308 e. The maximum Gasteiger partial charge on any atom is 0.107 e. The average molecular weight is 293 g/mol. The first-order valence-corrected chi connectivity index (χ1v) is 7.87. The predicted molar refractivity (Wildman–Crippen MR) is 80.9 cm³/mol. The highest BCUT2D eigenvalue weighted by molar-refractivity contribution is 7.09. The topological polar surface area (TPSA) is 24.9 Å². The van der Waals surface area contributed by atoms with Crippen molar-refractivity contribution < 1.29 is 0 Å². The molecule has 0 amide bonds. The highest BCUT2D eigenvalue weighted by Crippen LogP contribution is 2.39. The second kappa shape index (κ2) is 5.61. The highest BCUT2D eigenvalue weighted by atomic mass is 35.5. The smallest absolute Gasteiger partial charge is 0.107 e. The van der Waals surface area contributed by atoms with E-state index in [9.17, 15) is 0 Å². The van der Waals surface area contributed by atoms with Gasteiger partial charge in [0.2, 0.25) is 0 Å². The van der Waals surface area contributed by atoms with Gasteiger partial charge >= 0.3 is 0 Å². The first kappa shape index (κ1) is 13.1. The minimum Gasteiger partial charge on any atom is -0.308 e. The minimum atomic E-state index is 0.602. The van der Waals surface area contributed by atoms with Crippen LogP contribution >= 0.6 is 22.9 Å². The Balaban J connectivity index is 1.49. The number of hydrogen-bond donors (Lipinski definition) is 1. The fourth-order valence-electron chi connectivity index (χ4n) is 2.56. The Labute approximate surface area is 122 Å².